The molecule has 8 heteroatoms. The summed E-state index contributed by atoms with van der Waals surface area (Å²) in [6, 6.07) is 7.83. The zero-order chi connectivity index (χ0) is 14.8. The molecule has 2 N–H and O–H groups in total. The van der Waals surface area contributed by atoms with Crippen LogP contribution in [0, 0.1) is 17.5 Å². The number of hydrogen-bond acceptors (Lipinski definition) is 4. The molecule has 2 aromatic heterocycles. The highest BCUT2D eigenvalue weighted by molar-refractivity contribution is 7.71. The first-order chi connectivity index (χ1) is 10.1. The van der Waals surface area contributed by atoms with E-state index in [0.29, 0.717) is 16.3 Å². The van der Waals surface area contributed by atoms with Gasteiger partial charge in [0, 0.05) is 5.69 Å². The molecule has 3 aromatic rings. The Morgan fingerprint density at radius 2 is 2.00 bits per heavy atom. The van der Waals surface area contributed by atoms with Crippen molar-refractivity contribution in [3.05, 3.63) is 52.2 Å². The minimum absolute atomic E-state index is 0.292. The van der Waals surface area contributed by atoms with Crippen molar-refractivity contribution in [3.8, 4) is 11.5 Å². The van der Waals surface area contributed by atoms with Gasteiger partial charge in [0.05, 0.1) is 6.21 Å². The number of aromatic nitrogens is 5. The van der Waals surface area contributed by atoms with Gasteiger partial charge in [-0.3, -0.25) is 5.10 Å². The normalized spacial score (nSPS) is 11.3. The zero-order valence-electron chi connectivity index (χ0n) is 11.0. The summed E-state index contributed by atoms with van der Waals surface area (Å²) in [5.74, 6) is 0.211. The van der Waals surface area contributed by atoms with Crippen LogP contribution in [0.3, 0.4) is 0 Å². The second-order valence-corrected chi connectivity index (χ2v) is 4.78. The molecule has 6 nitrogen and oxygen atoms in total. The van der Waals surface area contributed by atoms with E-state index in [0.717, 1.165) is 11.3 Å². The third-order valence-electron chi connectivity index (χ3n) is 2.78. The predicted octanol–water partition coefficient (Wildman–Crippen LogP) is 2.66. The molecule has 0 unspecified atom stereocenters. The van der Waals surface area contributed by atoms with E-state index >= 15 is 0 Å². The van der Waals surface area contributed by atoms with Crippen molar-refractivity contribution >= 4 is 18.4 Å². The summed E-state index contributed by atoms with van der Waals surface area (Å²) >= 11 is 5.15. The molecule has 3 rings (SSSR count). The average molecular weight is 302 g/mol. The molecule has 0 radical (unpaired) electrons. The third kappa shape index (κ3) is 2.79. The second-order valence-electron chi connectivity index (χ2n) is 4.40. The second kappa shape index (κ2) is 5.41. The van der Waals surface area contributed by atoms with Crippen molar-refractivity contribution in [2.24, 2.45) is 5.10 Å². The summed E-state index contributed by atoms with van der Waals surface area (Å²) in [5, 5.41) is 18.0. The van der Waals surface area contributed by atoms with Gasteiger partial charge in [0.1, 0.15) is 11.5 Å². The summed E-state index contributed by atoms with van der Waals surface area (Å²) in [6.07, 6.45) is 1.58. The summed E-state index contributed by atoms with van der Waals surface area (Å²) in [5.41, 5.74) is 2.30. The van der Waals surface area contributed by atoms with E-state index in [4.69, 9.17) is 12.2 Å². The molecular formula is C13H11FN6S. The Labute approximate surface area is 124 Å². The van der Waals surface area contributed by atoms with E-state index in [1.807, 2.05) is 13.0 Å². The highest BCUT2D eigenvalue weighted by Gasteiger charge is 2.10. The monoisotopic (exact) mass is 302 g/mol. The molecule has 21 heavy (non-hydrogen) atoms. The maximum Gasteiger partial charge on any atom is 0.216 e. The molecule has 0 aliphatic rings. The molecule has 0 aliphatic heterocycles. The maximum absolute atomic E-state index is 12.9. The first-order valence-corrected chi connectivity index (χ1v) is 6.54. The summed E-state index contributed by atoms with van der Waals surface area (Å²) in [7, 11) is 0. The molecule has 0 aliphatic carbocycles. The molecule has 0 saturated carbocycles. The number of hydrogen-bond donors (Lipinski definition) is 2. The van der Waals surface area contributed by atoms with Gasteiger partial charge in [-0.25, -0.2) is 9.49 Å². The van der Waals surface area contributed by atoms with E-state index < -0.39 is 0 Å². The average Bonchev–Trinajstić information content (AvgIpc) is 3.05. The van der Waals surface area contributed by atoms with Gasteiger partial charge < -0.3 is 0 Å². The van der Waals surface area contributed by atoms with Crippen molar-refractivity contribution in [2.75, 3.05) is 0 Å². The first kappa shape index (κ1) is 13.4. The molecule has 106 valence electrons. The Bertz CT molecular complexity index is 842. The van der Waals surface area contributed by atoms with Gasteiger partial charge in [0.25, 0.3) is 0 Å². The highest BCUT2D eigenvalue weighted by Crippen LogP contribution is 2.15. The highest BCUT2D eigenvalue weighted by atomic mass is 32.1. The number of H-pyrrole nitrogens is 2. The van der Waals surface area contributed by atoms with Crippen molar-refractivity contribution < 1.29 is 4.39 Å². The van der Waals surface area contributed by atoms with E-state index in [1.165, 1.54) is 16.8 Å². The Morgan fingerprint density at radius 3 is 2.67 bits per heavy atom. The van der Waals surface area contributed by atoms with Crippen LogP contribution in [-0.4, -0.2) is 31.3 Å². The zero-order valence-corrected chi connectivity index (χ0v) is 11.9. The Kier molecular flexibility index (Phi) is 3.44. The van der Waals surface area contributed by atoms with E-state index in [-0.39, 0.29) is 5.82 Å². The van der Waals surface area contributed by atoms with Gasteiger partial charge in [-0.05, 0) is 42.9 Å². The number of halogens is 1. The van der Waals surface area contributed by atoms with Crippen molar-refractivity contribution in [1.82, 2.24) is 25.1 Å². The molecule has 0 amide bonds. The summed E-state index contributed by atoms with van der Waals surface area (Å²) in [4.78, 5) is 0. The van der Waals surface area contributed by atoms with E-state index in [9.17, 15) is 4.39 Å². The van der Waals surface area contributed by atoms with Crippen molar-refractivity contribution in [1.29, 1.82) is 0 Å². The van der Waals surface area contributed by atoms with Gasteiger partial charge in [-0.2, -0.15) is 20.0 Å². The molecule has 0 fully saturated rings. The summed E-state index contributed by atoms with van der Waals surface area (Å²) < 4.78 is 14.7. The Hall–Kier alpha value is -2.61. The minimum atomic E-state index is -0.292. The van der Waals surface area contributed by atoms with Crippen LogP contribution in [0.15, 0.2) is 35.4 Å². The van der Waals surface area contributed by atoms with Crippen LogP contribution < -0.4 is 0 Å². The Morgan fingerprint density at radius 1 is 1.24 bits per heavy atom. The minimum Gasteiger partial charge on any atom is -0.282 e. The van der Waals surface area contributed by atoms with E-state index in [2.05, 4.69) is 25.5 Å². The van der Waals surface area contributed by atoms with Crippen LogP contribution in [0.5, 0.6) is 0 Å². The van der Waals surface area contributed by atoms with Gasteiger partial charge in [-0.15, -0.1) is 0 Å². The molecule has 0 spiro atoms. The first-order valence-electron chi connectivity index (χ1n) is 6.13. The van der Waals surface area contributed by atoms with Gasteiger partial charge >= 0.3 is 0 Å². The van der Waals surface area contributed by atoms with Gasteiger partial charge in [-0.1, -0.05) is 12.1 Å². The SMILES string of the molecule is Cc1cc(-c2n[nH]c(=S)n2/N=C\c2ccc(F)cc2)n[nH]1. The lowest BCUT2D eigenvalue weighted by atomic mass is 10.2. The molecule has 0 bridgehead atoms. The Balaban J connectivity index is 1.97. The van der Waals surface area contributed by atoms with Crippen molar-refractivity contribution in [2.45, 2.75) is 6.92 Å². The fourth-order valence-electron chi connectivity index (χ4n) is 1.77. The lowest BCUT2D eigenvalue weighted by Crippen LogP contribution is -1.95. The fourth-order valence-corrected chi connectivity index (χ4v) is 1.95. The molecule has 1 aromatic carbocycles. The largest absolute Gasteiger partial charge is 0.282 e. The third-order valence-corrected chi connectivity index (χ3v) is 3.04. The van der Waals surface area contributed by atoms with Crippen LogP contribution in [0.2, 0.25) is 0 Å². The van der Waals surface area contributed by atoms with Crippen LogP contribution in [0.1, 0.15) is 11.3 Å². The maximum atomic E-state index is 12.9. The van der Waals surface area contributed by atoms with Crippen molar-refractivity contribution in [3.63, 3.8) is 0 Å². The number of nitrogens with one attached hydrogen (secondary N) is 2. The fraction of sp³-hybridized carbons (Fsp3) is 0.0769. The smallest absolute Gasteiger partial charge is 0.216 e. The van der Waals surface area contributed by atoms with Crippen LogP contribution in [0.4, 0.5) is 4.39 Å². The quantitative estimate of drug-likeness (QED) is 0.577. The molecule has 0 saturated heterocycles. The lowest BCUT2D eigenvalue weighted by Gasteiger charge is -1.97. The van der Waals surface area contributed by atoms with Crippen LogP contribution in [-0.2, 0) is 0 Å². The van der Waals surface area contributed by atoms with Crippen LogP contribution >= 0.6 is 12.2 Å². The molecule has 0 atom stereocenters. The standard InChI is InChI=1S/C13H11FN6S/c1-8-6-11(17-16-8)12-18-19-13(21)20(12)15-7-9-2-4-10(14)5-3-9/h2-7H,1H3,(H,16,17)(H,19,21)/b15-7-. The number of benzene rings is 1. The predicted molar refractivity (Wildman–Crippen MR) is 79.1 cm³/mol. The number of nitrogens with zero attached hydrogens (tertiary/aromatic N) is 4. The number of rotatable bonds is 3. The van der Waals surface area contributed by atoms with Gasteiger partial charge in [0.15, 0.2) is 0 Å². The topological polar surface area (TPSA) is 74.7 Å². The lowest BCUT2D eigenvalue weighted by molar-refractivity contribution is 0.628. The van der Waals surface area contributed by atoms with E-state index in [1.54, 1.807) is 18.3 Å². The van der Waals surface area contributed by atoms with Crippen LogP contribution in [0.25, 0.3) is 11.5 Å². The number of aryl methyl sites for hydroxylation is 1. The molecule has 2 heterocycles. The molecular weight excluding hydrogens is 291 g/mol. The van der Waals surface area contributed by atoms with Gasteiger partial charge in [0.2, 0.25) is 10.6 Å². The summed E-state index contributed by atoms with van der Waals surface area (Å²) in [6.45, 7) is 1.89. The number of aromatic amines is 2.